The molecular formula is C22H24N6O3S. The Morgan fingerprint density at radius 2 is 2.03 bits per heavy atom. The van der Waals surface area contributed by atoms with Gasteiger partial charge in [0.25, 0.3) is 0 Å². The first kappa shape index (κ1) is 21.7. The maximum Gasteiger partial charge on any atom is 0.313 e. The monoisotopic (exact) mass is 452 g/mol. The second-order valence-electron chi connectivity index (χ2n) is 8.35. The van der Waals surface area contributed by atoms with Gasteiger partial charge in [-0.2, -0.15) is 0 Å². The van der Waals surface area contributed by atoms with E-state index in [2.05, 4.69) is 22.2 Å². The lowest BCUT2D eigenvalue weighted by Crippen LogP contribution is -2.55. The van der Waals surface area contributed by atoms with Crippen LogP contribution in [0.5, 0.6) is 0 Å². The van der Waals surface area contributed by atoms with E-state index in [1.807, 2.05) is 25.1 Å². The van der Waals surface area contributed by atoms with Gasteiger partial charge in [-0.3, -0.25) is 19.4 Å². The van der Waals surface area contributed by atoms with Crippen LogP contribution in [0.2, 0.25) is 0 Å². The molecule has 1 fully saturated rings. The zero-order valence-corrected chi connectivity index (χ0v) is 18.6. The first-order chi connectivity index (χ1) is 15.2. The molecule has 0 spiro atoms. The number of rotatable bonds is 3. The summed E-state index contributed by atoms with van der Waals surface area (Å²) in [6.07, 6.45) is 4.28. The lowest BCUT2D eigenvalue weighted by atomic mass is 9.79. The van der Waals surface area contributed by atoms with Crippen molar-refractivity contribution in [3.63, 3.8) is 0 Å². The number of nitrogens with one attached hydrogen (secondary N) is 1. The summed E-state index contributed by atoms with van der Waals surface area (Å²) in [6.45, 7) is 4.47. The van der Waals surface area contributed by atoms with Gasteiger partial charge >= 0.3 is 11.8 Å². The summed E-state index contributed by atoms with van der Waals surface area (Å²) < 4.78 is 0.969. The molecule has 5 N–H and O–H groups in total. The highest BCUT2D eigenvalue weighted by atomic mass is 32.1. The Kier molecular flexibility index (Phi) is 5.55. The van der Waals surface area contributed by atoms with E-state index in [0.717, 1.165) is 22.2 Å². The molecule has 32 heavy (non-hydrogen) atoms. The summed E-state index contributed by atoms with van der Waals surface area (Å²) in [7, 11) is 0. The maximum atomic E-state index is 13.3. The fourth-order valence-electron chi connectivity index (χ4n) is 4.10. The number of nitrogens with two attached hydrogens (primary N) is 2. The van der Waals surface area contributed by atoms with Crippen LogP contribution < -0.4 is 16.8 Å². The number of benzene rings is 1. The molecule has 1 aliphatic heterocycles. The molecule has 1 aromatic carbocycles. The molecule has 1 aliphatic rings. The van der Waals surface area contributed by atoms with Crippen molar-refractivity contribution in [2.24, 2.45) is 11.7 Å². The number of hydrogen-bond acceptors (Lipinski definition) is 7. The third-order valence-corrected chi connectivity index (χ3v) is 6.83. The van der Waals surface area contributed by atoms with Crippen LogP contribution in [0.3, 0.4) is 0 Å². The van der Waals surface area contributed by atoms with Gasteiger partial charge in [0, 0.05) is 12.7 Å². The van der Waals surface area contributed by atoms with Crippen LogP contribution in [0, 0.1) is 5.92 Å². The van der Waals surface area contributed by atoms with E-state index in [9.17, 15) is 14.4 Å². The van der Waals surface area contributed by atoms with Gasteiger partial charge in [-0.25, -0.2) is 4.98 Å². The number of nitrogen functional groups attached to an aromatic ring is 1. The average molecular weight is 453 g/mol. The summed E-state index contributed by atoms with van der Waals surface area (Å²) >= 11 is 1.41. The lowest BCUT2D eigenvalue weighted by Gasteiger charge is -2.47. The lowest BCUT2D eigenvalue weighted by molar-refractivity contribution is -0.150. The molecule has 9 nitrogen and oxygen atoms in total. The van der Waals surface area contributed by atoms with E-state index in [4.69, 9.17) is 11.5 Å². The number of amides is 3. The van der Waals surface area contributed by atoms with Crippen LogP contribution in [0.4, 0.5) is 10.8 Å². The summed E-state index contributed by atoms with van der Waals surface area (Å²) in [5, 5.41) is 3.03. The van der Waals surface area contributed by atoms with Gasteiger partial charge in [0.2, 0.25) is 5.91 Å². The molecule has 1 saturated heterocycles. The number of primary amides is 1. The van der Waals surface area contributed by atoms with Crippen molar-refractivity contribution in [2.45, 2.75) is 32.2 Å². The van der Waals surface area contributed by atoms with Crippen LogP contribution in [0.1, 0.15) is 42.6 Å². The van der Waals surface area contributed by atoms with Gasteiger partial charge in [-0.15, -0.1) is 0 Å². The Bertz CT molecular complexity index is 1230. The predicted molar refractivity (Wildman–Crippen MR) is 123 cm³/mol. The molecule has 3 amide bonds. The number of aromatic nitrogens is 2. The van der Waals surface area contributed by atoms with E-state index >= 15 is 0 Å². The Morgan fingerprint density at radius 1 is 1.25 bits per heavy atom. The second kappa shape index (κ2) is 8.19. The van der Waals surface area contributed by atoms with Crippen LogP contribution in [-0.4, -0.2) is 39.1 Å². The zero-order valence-electron chi connectivity index (χ0n) is 17.8. The molecule has 166 valence electrons. The number of hydrogen-bond donors (Lipinski definition) is 3. The van der Waals surface area contributed by atoms with E-state index in [1.54, 1.807) is 4.90 Å². The second-order valence-corrected chi connectivity index (χ2v) is 9.41. The molecule has 4 rings (SSSR count). The molecule has 3 heterocycles. The molecule has 3 aromatic rings. The fraction of sp³-hybridized carbons (Fsp3) is 0.318. The topological polar surface area (TPSA) is 144 Å². The molecular weight excluding hydrogens is 428 g/mol. The summed E-state index contributed by atoms with van der Waals surface area (Å²) in [5.41, 5.74) is 12.5. The summed E-state index contributed by atoms with van der Waals surface area (Å²) in [4.78, 5) is 47.4. The van der Waals surface area contributed by atoms with Crippen molar-refractivity contribution in [3.8, 4) is 0 Å². The van der Waals surface area contributed by atoms with Crippen molar-refractivity contribution in [3.05, 3.63) is 47.8 Å². The zero-order chi connectivity index (χ0) is 23.0. The van der Waals surface area contributed by atoms with Gasteiger partial charge in [-0.05, 0) is 49.4 Å². The SMILES string of the molecule is C[C@H]1CC[C@@](C)(c2ccc3sc(N)nc3c2)N(C(=O)C(=O)Nc2cncc(C(N)=O)c2)C1. The third kappa shape index (κ3) is 4.01. The van der Waals surface area contributed by atoms with E-state index in [1.165, 1.54) is 29.8 Å². The standard InChI is InChI=1S/C22H24N6O3S/c1-12-5-6-22(2,14-3-4-17-16(8-14)27-21(24)32-17)28(11-12)20(31)19(30)26-15-7-13(18(23)29)9-25-10-15/h3-4,7-10,12H,5-6,11H2,1-2H3,(H2,23,29)(H2,24,27)(H,26,30)/t12-,22-/m0/s1. The number of likely N-dealkylation sites (tertiary alicyclic amines) is 1. The number of fused-ring (bicyclic) bond motifs is 1. The number of thiazole rings is 1. The molecule has 0 radical (unpaired) electrons. The number of carbonyl (C=O) groups is 3. The van der Waals surface area contributed by atoms with Crippen molar-refractivity contribution in [2.75, 3.05) is 17.6 Å². The molecule has 2 atom stereocenters. The first-order valence-electron chi connectivity index (χ1n) is 10.2. The Morgan fingerprint density at radius 3 is 2.78 bits per heavy atom. The molecule has 0 bridgehead atoms. The maximum absolute atomic E-state index is 13.3. The van der Waals surface area contributed by atoms with Crippen molar-refractivity contribution in [1.29, 1.82) is 0 Å². The molecule has 0 aliphatic carbocycles. The number of nitrogens with zero attached hydrogens (tertiary/aromatic N) is 3. The highest BCUT2D eigenvalue weighted by Crippen LogP contribution is 2.40. The molecule has 0 unspecified atom stereocenters. The number of carbonyl (C=O) groups excluding carboxylic acids is 3. The van der Waals surface area contributed by atoms with Crippen LogP contribution in [-0.2, 0) is 15.1 Å². The molecule has 2 aromatic heterocycles. The molecule has 0 saturated carbocycles. The highest BCUT2D eigenvalue weighted by molar-refractivity contribution is 7.22. The number of piperidine rings is 1. The Labute approximate surface area is 188 Å². The Hall–Kier alpha value is -3.53. The van der Waals surface area contributed by atoms with Crippen molar-refractivity contribution >= 4 is 50.1 Å². The smallest absolute Gasteiger partial charge is 0.313 e. The summed E-state index contributed by atoms with van der Waals surface area (Å²) in [6, 6.07) is 7.25. The van der Waals surface area contributed by atoms with Gasteiger partial charge < -0.3 is 21.7 Å². The predicted octanol–water partition coefficient (Wildman–Crippen LogP) is 2.48. The minimum Gasteiger partial charge on any atom is -0.375 e. The summed E-state index contributed by atoms with van der Waals surface area (Å²) in [5.74, 6) is -1.87. The number of pyridine rings is 1. The van der Waals surface area contributed by atoms with Crippen LogP contribution >= 0.6 is 11.3 Å². The normalized spacial score (nSPS) is 20.8. The minimum absolute atomic E-state index is 0.141. The minimum atomic E-state index is -0.798. The van der Waals surface area contributed by atoms with Crippen LogP contribution in [0.15, 0.2) is 36.7 Å². The van der Waals surface area contributed by atoms with E-state index in [-0.39, 0.29) is 17.2 Å². The van der Waals surface area contributed by atoms with Gasteiger partial charge in [0.15, 0.2) is 5.13 Å². The van der Waals surface area contributed by atoms with E-state index in [0.29, 0.717) is 18.1 Å². The third-order valence-electron chi connectivity index (χ3n) is 5.96. The van der Waals surface area contributed by atoms with Crippen molar-refractivity contribution < 1.29 is 14.4 Å². The largest absolute Gasteiger partial charge is 0.375 e. The van der Waals surface area contributed by atoms with Gasteiger partial charge in [0.1, 0.15) is 0 Å². The Balaban J connectivity index is 1.63. The van der Waals surface area contributed by atoms with Gasteiger partial charge in [0.05, 0.1) is 33.2 Å². The number of anilines is 2. The van der Waals surface area contributed by atoms with E-state index < -0.39 is 23.3 Å². The average Bonchev–Trinajstić information content (AvgIpc) is 3.14. The quantitative estimate of drug-likeness (QED) is 0.521. The fourth-order valence-corrected chi connectivity index (χ4v) is 4.82. The van der Waals surface area contributed by atoms with Gasteiger partial charge in [-0.1, -0.05) is 24.3 Å². The highest BCUT2D eigenvalue weighted by Gasteiger charge is 2.43. The van der Waals surface area contributed by atoms with Crippen LogP contribution in [0.25, 0.3) is 10.2 Å². The first-order valence-corrected chi connectivity index (χ1v) is 11.0. The van der Waals surface area contributed by atoms with Crippen molar-refractivity contribution in [1.82, 2.24) is 14.9 Å². The molecule has 10 heteroatoms.